The molecule has 0 aliphatic rings. The zero-order valence-corrected chi connectivity index (χ0v) is 6.59. The van der Waals surface area contributed by atoms with Gasteiger partial charge >= 0.3 is 0 Å². The van der Waals surface area contributed by atoms with Gasteiger partial charge < -0.3 is 0 Å². The molecule has 54 valence electrons. The first-order valence-corrected chi connectivity index (χ1v) is 3.18. The first-order valence-electron chi connectivity index (χ1n) is 3.18. The van der Waals surface area contributed by atoms with Crippen molar-refractivity contribution in [2.75, 3.05) is 0 Å². The van der Waals surface area contributed by atoms with Crippen LogP contribution < -0.4 is 0 Å². The third-order valence-corrected chi connectivity index (χ3v) is 1.06. The van der Waals surface area contributed by atoms with Gasteiger partial charge in [-0.15, -0.1) is 13.2 Å². The highest BCUT2D eigenvalue weighted by Gasteiger charge is 1.81. The lowest BCUT2D eigenvalue weighted by atomic mass is 10.3. The van der Waals surface area contributed by atoms with Crippen LogP contribution in [0.4, 0.5) is 0 Å². The van der Waals surface area contributed by atoms with E-state index in [0.717, 1.165) is 5.69 Å². The van der Waals surface area contributed by atoms with Crippen LogP contribution >= 0.6 is 0 Å². The maximum Gasteiger partial charge on any atom is 0.0372 e. The Kier molecular flexibility index (Phi) is 4.21. The molecule has 1 aromatic rings. The normalized spacial score (nSPS) is 7.80. The van der Waals surface area contributed by atoms with Gasteiger partial charge in [-0.2, -0.15) is 0 Å². The molecule has 0 fully saturated rings. The van der Waals surface area contributed by atoms with E-state index in [9.17, 15) is 0 Å². The number of aryl methyl sites for hydroxylation is 2. The van der Waals surface area contributed by atoms with Gasteiger partial charge in [0.25, 0.3) is 0 Å². The van der Waals surface area contributed by atoms with Gasteiger partial charge in [-0.3, -0.25) is 4.98 Å². The molecule has 0 aromatic carbocycles. The molecule has 0 radical (unpaired) electrons. The fourth-order valence-electron chi connectivity index (χ4n) is 0.542. The summed E-state index contributed by atoms with van der Waals surface area (Å²) in [7, 11) is 0. The van der Waals surface area contributed by atoms with E-state index in [1.165, 1.54) is 5.56 Å². The Balaban J connectivity index is 0.000000371. The molecule has 0 saturated heterocycles. The Hall–Kier alpha value is -1.11. The van der Waals surface area contributed by atoms with E-state index in [2.05, 4.69) is 24.2 Å². The maximum absolute atomic E-state index is 4.08. The van der Waals surface area contributed by atoms with Gasteiger partial charge in [0.1, 0.15) is 0 Å². The molecular weight excluding hydrogens is 122 g/mol. The average Bonchev–Trinajstić information content (AvgIpc) is 2.00. The molecule has 0 aliphatic carbocycles. The van der Waals surface area contributed by atoms with Crippen LogP contribution in [0.15, 0.2) is 31.5 Å². The van der Waals surface area contributed by atoms with Gasteiger partial charge in [-0.1, -0.05) is 6.07 Å². The molecule has 0 spiro atoms. The molecule has 10 heavy (non-hydrogen) atoms. The number of aromatic nitrogens is 1. The minimum atomic E-state index is 1.08. The molecule has 0 bridgehead atoms. The highest BCUT2D eigenvalue weighted by molar-refractivity contribution is 5.10. The van der Waals surface area contributed by atoms with Crippen molar-refractivity contribution in [1.29, 1.82) is 0 Å². The predicted octanol–water partition coefficient (Wildman–Crippen LogP) is 2.50. The largest absolute Gasteiger partial charge is 0.261 e. The summed E-state index contributed by atoms with van der Waals surface area (Å²) in [5.74, 6) is 0. The van der Waals surface area contributed by atoms with E-state index in [-0.39, 0.29) is 0 Å². The molecule has 0 saturated carbocycles. The number of nitrogens with zero attached hydrogens (tertiary/aromatic N) is 1. The zero-order valence-electron chi connectivity index (χ0n) is 6.59. The fourth-order valence-corrected chi connectivity index (χ4v) is 0.542. The summed E-state index contributed by atoms with van der Waals surface area (Å²) in [6, 6.07) is 4.07. The number of rotatable bonds is 0. The van der Waals surface area contributed by atoms with Gasteiger partial charge in [0.2, 0.25) is 0 Å². The third-order valence-electron chi connectivity index (χ3n) is 1.06. The molecule has 1 heterocycles. The van der Waals surface area contributed by atoms with Crippen molar-refractivity contribution >= 4 is 0 Å². The van der Waals surface area contributed by atoms with Crippen molar-refractivity contribution in [3.63, 3.8) is 0 Å². The second-order valence-corrected chi connectivity index (χ2v) is 1.98. The summed E-state index contributed by atoms with van der Waals surface area (Å²) < 4.78 is 0. The van der Waals surface area contributed by atoms with Crippen LogP contribution in [0.3, 0.4) is 0 Å². The molecule has 0 N–H and O–H groups in total. The number of pyridine rings is 1. The monoisotopic (exact) mass is 135 g/mol. The SMILES string of the molecule is C=C.Cc1ccc(C)nc1. The Labute approximate surface area is 62.4 Å². The van der Waals surface area contributed by atoms with Crippen LogP contribution in [0.1, 0.15) is 11.3 Å². The lowest BCUT2D eigenvalue weighted by Crippen LogP contribution is -1.78. The number of hydrogen-bond donors (Lipinski definition) is 0. The third kappa shape index (κ3) is 3.02. The molecule has 1 rings (SSSR count). The molecule has 1 aromatic heterocycles. The smallest absolute Gasteiger partial charge is 0.0372 e. The number of hydrogen-bond acceptors (Lipinski definition) is 1. The Morgan fingerprint density at radius 3 is 2.10 bits per heavy atom. The van der Waals surface area contributed by atoms with Crippen LogP contribution in [-0.2, 0) is 0 Å². The van der Waals surface area contributed by atoms with E-state index < -0.39 is 0 Å². The van der Waals surface area contributed by atoms with E-state index in [1.807, 2.05) is 26.1 Å². The van der Waals surface area contributed by atoms with Gasteiger partial charge in [-0.25, -0.2) is 0 Å². The second-order valence-electron chi connectivity index (χ2n) is 1.98. The standard InChI is InChI=1S/C7H9N.C2H4/c1-6-3-4-7(2)8-5-6;1-2/h3-5H,1-2H3;1-2H2. The van der Waals surface area contributed by atoms with Crippen LogP contribution in [0.25, 0.3) is 0 Å². The predicted molar refractivity (Wildman–Crippen MR) is 45.0 cm³/mol. The van der Waals surface area contributed by atoms with Crippen LogP contribution in [0.2, 0.25) is 0 Å². The fraction of sp³-hybridized carbons (Fsp3) is 0.222. The van der Waals surface area contributed by atoms with Crippen molar-refractivity contribution in [2.45, 2.75) is 13.8 Å². The molecule has 0 amide bonds. The molecule has 0 aliphatic heterocycles. The Morgan fingerprint density at radius 2 is 1.80 bits per heavy atom. The minimum absolute atomic E-state index is 1.08. The van der Waals surface area contributed by atoms with Crippen LogP contribution in [0.5, 0.6) is 0 Å². The second kappa shape index (κ2) is 4.74. The first-order chi connectivity index (χ1) is 4.79. The average molecular weight is 135 g/mol. The van der Waals surface area contributed by atoms with E-state index >= 15 is 0 Å². The van der Waals surface area contributed by atoms with Gasteiger partial charge in [-0.05, 0) is 25.5 Å². The molecule has 1 heteroatoms. The molecule has 0 atom stereocenters. The van der Waals surface area contributed by atoms with Crippen molar-refractivity contribution < 1.29 is 0 Å². The highest BCUT2D eigenvalue weighted by atomic mass is 14.6. The quantitative estimate of drug-likeness (QED) is 0.498. The van der Waals surface area contributed by atoms with Crippen molar-refractivity contribution in [3.8, 4) is 0 Å². The molecule has 1 nitrogen and oxygen atoms in total. The maximum atomic E-state index is 4.08. The summed E-state index contributed by atoms with van der Waals surface area (Å²) >= 11 is 0. The Bertz CT molecular complexity index is 155. The highest BCUT2D eigenvalue weighted by Crippen LogP contribution is 1.94. The summed E-state index contributed by atoms with van der Waals surface area (Å²) in [5.41, 5.74) is 2.30. The van der Waals surface area contributed by atoms with Gasteiger partial charge in [0.05, 0.1) is 0 Å². The van der Waals surface area contributed by atoms with Gasteiger partial charge in [0, 0.05) is 11.9 Å². The summed E-state index contributed by atoms with van der Waals surface area (Å²) in [5, 5.41) is 0. The summed E-state index contributed by atoms with van der Waals surface area (Å²) in [6.45, 7) is 10.0. The Morgan fingerprint density at radius 1 is 1.20 bits per heavy atom. The molecular formula is C9H13N. The first kappa shape index (κ1) is 8.89. The van der Waals surface area contributed by atoms with E-state index in [1.54, 1.807) is 0 Å². The van der Waals surface area contributed by atoms with Crippen molar-refractivity contribution in [2.24, 2.45) is 0 Å². The lowest BCUT2D eigenvalue weighted by molar-refractivity contribution is 1.17. The van der Waals surface area contributed by atoms with E-state index in [0.29, 0.717) is 0 Å². The van der Waals surface area contributed by atoms with E-state index in [4.69, 9.17) is 0 Å². The minimum Gasteiger partial charge on any atom is -0.261 e. The van der Waals surface area contributed by atoms with Crippen LogP contribution in [0, 0.1) is 13.8 Å². The van der Waals surface area contributed by atoms with Crippen LogP contribution in [-0.4, -0.2) is 4.98 Å². The van der Waals surface area contributed by atoms with Crippen molar-refractivity contribution in [1.82, 2.24) is 4.98 Å². The summed E-state index contributed by atoms with van der Waals surface area (Å²) in [6.07, 6.45) is 1.87. The van der Waals surface area contributed by atoms with Crippen molar-refractivity contribution in [3.05, 3.63) is 42.7 Å². The lowest BCUT2D eigenvalue weighted by Gasteiger charge is -1.89. The molecule has 0 unspecified atom stereocenters. The van der Waals surface area contributed by atoms with Gasteiger partial charge in [0.15, 0.2) is 0 Å². The topological polar surface area (TPSA) is 12.9 Å². The summed E-state index contributed by atoms with van der Waals surface area (Å²) in [4.78, 5) is 4.08. The zero-order chi connectivity index (χ0) is 7.98.